The molecule has 1 atom stereocenters. The smallest absolute Gasteiger partial charge is 0.260 e. The second-order valence-electron chi connectivity index (χ2n) is 8.90. The van der Waals surface area contributed by atoms with Gasteiger partial charge in [-0.25, -0.2) is 4.98 Å². The van der Waals surface area contributed by atoms with Gasteiger partial charge >= 0.3 is 0 Å². The number of aromatic amines is 1. The van der Waals surface area contributed by atoms with Gasteiger partial charge in [-0.1, -0.05) is 38.1 Å². The van der Waals surface area contributed by atoms with Crippen molar-refractivity contribution in [2.75, 3.05) is 19.8 Å². The zero-order valence-electron chi connectivity index (χ0n) is 18.4. The molecular weight excluding hydrogens is 410 g/mol. The molecule has 1 fully saturated rings. The maximum atomic E-state index is 13.0. The first-order valence-corrected chi connectivity index (χ1v) is 11.9. The van der Waals surface area contributed by atoms with Gasteiger partial charge in [-0.2, -0.15) is 0 Å². The summed E-state index contributed by atoms with van der Waals surface area (Å²) >= 11 is 1.51. The third kappa shape index (κ3) is 5.41. The fraction of sp³-hybridized carbons (Fsp3) is 0.500. The number of thiophene rings is 1. The SMILES string of the molecule is Cc1ccccc1-c1csc2nc(CN(CC(O)COCC(C)C)C3CC3)[nH]c(=O)c12. The molecule has 6 nitrogen and oxygen atoms in total. The molecule has 1 unspecified atom stereocenters. The number of hydrogen-bond donors (Lipinski definition) is 2. The van der Waals surface area contributed by atoms with Gasteiger partial charge in [0.05, 0.1) is 24.6 Å². The maximum absolute atomic E-state index is 13.0. The van der Waals surface area contributed by atoms with Gasteiger partial charge in [-0.15, -0.1) is 11.3 Å². The zero-order valence-corrected chi connectivity index (χ0v) is 19.2. The minimum absolute atomic E-state index is 0.101. The standard InChI is InChI=1S/C24H31N3O3S/c1-15(2)12-30-13-18(28)10-27(17-8-9-17)11-21-25-23(29)22-20(14-31-24(22)26-21)19-7-5-4-6-16(19)3/h4-7,14-15,17-18,28H,8-13H2,1-3H3,(H,25,26,29). The highest BCUT2D eigenvalue weighted by Crippen LogP contribution is 2.33. The molecule has 1 aliphatic rings. The molecular formula is C24H31N3O3S. The summed E-state index contributed by atoms with van der Waals surface area (Å²) in [4.78, 5) is 23.7. The quantitative estimate of drug-likeness (QED) is 0.498. The molecule has 1 aliphatic carbocycles. The Morgan fingerprint density at radius 3 is 2.74 bits per heavy atom. The van der Waals surface area contributed by atoms with Crippen LogP contribution in [0, 0.1) is 12.8 Å². The Hall–Kier alpha value is -2.06. The molecule has 0 bridgehead atoms. The highest BCUT2D eigenvalue weighted by atomic mass is 32.1. The number of H-pyrrole nitrogens is 1. The third-order valence-corrected chi connectivity index (χ3v) is 6.42. The number of aliphatic hydroxyl groups excluding tert-OH is 1. The minimum Gasteiger partial charge on any atom is -0.389 e. The first kappa shape index (κ1) is 22.1. The fourth-order valence-electron chi connectivity index (χ4n) is 3.88. The maximum Gasteiger partial charge on any atom is 0.260 e. The lowest BCUT2D eigenvalue weighted by Crippen LogP contribution is -2.37. The Bertz CT molecular complexity index is 1090. The van der Waals surface area contributed by atoms with Gasteiger partial charge in [0, 0.05) is 30.1 Å². The van der Waals surface area contributed by atoms with Crippen LogP contribution in [0.25, 0.3) is 21.3 Å². The number of nitrogens with one attached hydrogen (secondary N) is 1. The summed E-state index contributed by atoms with van der Waals surface area (Å²) in [5, 5.41) is 13.1. The van der Waals surface area contributed by atoms with Gasteiger partial charge in [0.2, 0.25) is 0 Å². The summed E-state index contributed by atoms with van der Waals surface area (Å²) in [5.74, 6) is 1.10. The molecule has 0 aliphatic heterocycles. The number of nitrogens with zero attached hydrogens (tertiary/aromatic N) is 2. The van der Waals surface area contributed by atoms with Gasteiger partial charge in [-0.3, -0.25) is 9.69 Å². The van der Waals surface area contributed by atoms with Gasteiger partial charge in [-0.05, 0) is 36.8 Å². The van der Waals surface area contributed by atoms with Crippen LogP contribution in [0.5, 0.6) is 0 Å². The Labute approximate surface area is 186 Å². The molecule has 0 radical (unpaired) electrons. The van der Waals surface area contributed by atoms with Gasteiger partial charge in [0.25, 0.3) is 5.56 Å². The predicted octanol–water partition coefficient (Wildman–Crippen LogP) is 3.96. The first-order valence-electron chi connectivity index (χ1n) is 11.0. The van der Waals surface area contributed by atoms with E-state index < -0.39 is 6.10 Å². The summed E-state index contributed by atoms with van der Waals surface area (Å²) in [5.41, 5.74) is 3.04. The summed E-state index contributed by atoms with van der Waals surface area (Å²) in [7, 11) is 0. The lowest BCUT2D eigenvalue weighted by molar-refractivity contribution is 0.00510. The second kappa shape index (κ2) is 9.61. The van der Waals surface area contributed by atoms with Crippen molar-refractivity contribution in [3.63, 3.8) is 0 Å². The average molecular weight is 442 g/mol. The van der Waals surface area contributed by atoms with Gasteiger partial charge in [0.1, 0.15) is 10.7 Å². The number of ether oxygens (including phenoxy) is 1. The fourth-order valence-corrected chi connectivity index (χ4v) is 4.84. The second-order valence-corrected chi connectivity index (χ2v) is 9.76. The highest BCUT2D eigenvalue weighted by molar-refractivity contribution is 7.17. The van der Waals surface area contributed by atoms with Crippen LogP contribution >= 0.6 is 11.3 Å². The number of aliphatic hydroxyl groups is 1. The van der Waals surface area contributed by atoms with E-state index in [-0.39, 0.29) is 5.56 Å². The zero-order chi connectivity index (χ0) is 22.0. The topological polar surface area (TPSA) is 78.5 Å². The molecule has 31 heavy (non-hydrogen) atoms. The van der Waals surface area contributed by atoms with Crippen molar-refractivity contribution in [3.8, 4) is 11.1 Å². The van der Waals surface area contributed by atoms with Crippen molar-refractivity contribution in [1.29, 1.82) is 0 Å². The molecule has 1 aromatic carbocycles. The molecule has 7 heteroatoms. The summed E-state index contributed by atoms with van der Waals surface area (Å²) in [6.45, 7) is 8.26. The van der Waals surface area contributed by atoms with E-state index in [4.69, 9.17) is 9.72 Å². The molecule has 0 spiro atoms. The largest absolute Gasteiger partial charge is 0.389 e. The monoisotopic (exact) mass is 441 g/mol. The number of rotatable bonds is 10. The van der Waals surface area contributed by atoms with E-state index in [0.717, 1.165) is 34.4 Å². The summed E-state index contributed by atoms with van der Waals surface area (Å²) < 4.78 is 5.59. The minimum atomic E-state index is -0.552. The van der Waals surface area contributed by atoms with Crippen LogP contribution in [0.15, 0.2) is 34.4 Å². The number of aromatic nitrogens is 2. The van der Waals surface area contributed by atoms with E-state index in [1.54, 1.807) is 0 Å². The van der Waals surface area contributed by atoms with Crippen molar-refractivity contribution in [2.45, 2.75) is 52.3 Å². The van der Waals surface area contributed by atoms with Gasteiger partial charge in [0.15, 0.2) is 0 Å². The Morgan fingerprint density at radius 2 is 2.03 bits per heavy atom. The van der Waals surface area contributed by atoms with Crippen molar-refractivity contribution in [2.24, 2.45) is 5.92 Å². The highest BCUT2D eigenvalue weighted by Gasteiger charge is 2.31. The van der Waals surface area contributed by atoms with Crippen LogP contribution < -0.4 is 5.56 Å². The van der Waals surface area contributed by atoms with Crippen molar-refractivity contribution < 1.29 is 9.84 Å². The molecule has 2 aromatic heterocycles. The van der Waals surface area contributed by atoms with Crippen LogP contribution in [-0.4, -0.2) is 51.9 Å². The molecule has 1 saturated carbocycles. The molecule has 4 rings (SSSR count). The molecule has 2 N–H and O–H groups in total. The lowest BCUT2D eigenvalue weighted by atomic mass is 10.0. The Balaban J connectivity index is 1.51. The van der Waals surface area contributed by atoms with E-state index >= 15 is 0 Å². The van der Waals surface area contributed by atoms with E-state index in [1.807, 2.05) is 23.6 Å². The molecule has 3 aromatic rings. The lowest BCUT2D eigenvalue weighted by Gasteiger charge is -2.24. The molecule has 2 heterocycles. The predicted molar refractivity (Wildman–Crippen MR) is 126 cm³/mol. The van der Waals surface area contributed by atoms with E-state index in [2.05, 4.69) is 36.7 Å². The van der Waals surface area contributed by atoms with Crippen LogP contribution in [0.4, 0.5) is 0 Å². The molecule has 166 valence electrons. The number of hydrogen-bond acceptors (Lipinski definition) is 6. The normalized spacial score (nSPS) is 15.3. The van der Waals surface area contributed by atoms with Crippen LogP contribution in [0.3, 0.4) is 0 Å². The van der Waals surface area contributed by atoms with E-state index in [9.17, 15) is 9.90 Å². The van der Waals surface area contributed by atoms with Crippen LogP contribution in [0.2, 0.25) is 0 Å². The van der Waals surface area contributed by atoms with Crippen molar-refractivity contribution in [3.05, 3.63) is 51.4 Å². The third-order valence-electron chi connectivity index (χ3n) is 5.55. The average Bonchev–Trinajstić information content (AvgIpc) is 3.47. The Kier molecular flexibility index (Phi) is 6.86. The summed E-state index contributed by atoms with van der Waals surface area (Å²) in [6, 6.07) is 8.53. The van der Waals surface area contributed by atoms with Crippen molar-refractivity contribution >= 4 is 21.6 Å². The molecule has 0 amide bonds. The van der Waals surface area contributed by atoms with E-state index in [0.29, 0.717) is 49.5 Å². The Morgan fingerprint density at radius 1 is 1.26 bits per heavy atom. The van der Waals surface area contributed by atoms with E-state index in [1.165, 1.54) is 11.3 Å². The number of aryl methyl sites for hydroxylation is 1. The van der Waals surface area contributed by atoms with Crippen LogP contribution in [0.1, 0.15) is 38.1 Å². The van der Waals surface area contributed by atoms with Gasteiger partial charge < -0.3 is 14.8 Å². The summed E-state index contributed by atoms with van der Waals surface area (Å²) in [6.07, 6.45) is 1.68. The van der Waals surface area contributed by atoms with Crippen molar-refractivity contribution in [1.82, 2.24) is 14.9 Å². The first-order chi connectivity index (χ1) is 14.9. The number of fused-ring (bicyclic) bond motifs is 1. The van der Waals surface area contributed by atoms with Crippen LogP contribution in [-0.2, 0) is 11.3 Å². The number of benzene rings is 1. The molecule has 0 saturated heterocycles.